The van der Waals surface area contributed by atoms with Crippen LogP contribution in [0.5, 0.6) is 0 Å². The second kappa shape index (κ2) is 6.61. The van der Waals surface area contributed by atoms with Crippen LogP contribution in [-0.2, 0) is 11.2 Å². The van der Waals surface area contributed by atoms with Gasteiger partial charge in [0.25, 0.3) is 0 Å². The number of hydrazine groups is 1. The normalized spacial score (nSPS) is 22.1. The zero-order chi connectivity index (χ0) is 13.0. The van der Waals surface area contributed by atoms with Crippen molar-refractivity contribution in [3.05, 3.63) is 15.6 Å². The summed E-state index contributed by atoms with van der Waals surface area (Å²) in [7, 11) is 0. The van der Waals surface area contributed by atoms with Crippen LogP contribution in [0.4, 0.5) is 0 Å². The zero-order valence-electron chi connectivity index (χ0n) is 11.2. The molecule has 0 saturated carbocycles. The number of nitrogens with one attached hydrogen (secondary N) is 1. The van der Waals surface area contributed by atoms with Gasteiger partial charge in [-0.2, -0.15) is 0 Å². The molecule has 18 heavy (non-hydrogen) atoms. The average molecular weight is 269 g/mol. The predicted molar refractivity (Wildman–Crippen MR) is 74.6 cm³/mol. The largest absolute Gasteiger partial charge is 0.378 e. The third-order valence-electron chi connectivity index (χ3n) is 3.55. The number of nitrogens with zero attached hydrogens (tertiary/aromatic N) is 1. The van der Waals surface area contributed by atoms with E-state index in [-0.39, 0.29) is 6.04 Å². The van der Waals surface area contributed by atoms with E-state index in [1.54, 1.807) is 11.3 Å². The Morgan fingerprint density at radius 3 is 2.89 bits per heavy atom. The van der Waals surface area contributed by atoms with Crippen molar-refractivity contribution in [2.45, 2.75) is 58.1 Å². The summed E-state index contributed by atoms with van der Waals surface area (Å²) >= 11 is 1.77. The maximum Gasteiger partial charge on any atom is 0.0946 e. The molecular formula is C13H23N3OS. The average Bonchev–Trinajstić information content (AvgIpc) is 2.69. The molecule has 1 aromatic heterocycles. The summed E-state index contributed by atoms with van der Waals surface area (Å²) in [6.07, 6.45) is 5.87. The first-order chi connectivity index (χ1) is 8.69. The van der Waals surface area contributed by atoms with Crippen molar-refractivity contribution < 1.29 is 4.74 Å². The van der Waals surface area contributed by atoms with Crippen molar-refractivity contribution in [1.82, 2.24) is 10.4 Å². The molecule has 4 nitrogen and oxygen atoms in total. The van der Waals surface area contributed by atoms with Gasteiger partial charge in [0.2, 0.25) is 0 Å². The minimum absolute atomic E-state index is 0.262. The second-order valence-corrected chi connectivity index (χ2v) is 6.33. The van der Waals surface area contributed by atoms with Crippen LogP contribution in [0.1, 0.15) is 41.3 Å². The Morgan fingerprint density at radius 2 is 2.33 bits per heavy atom. The van der Waals surface area contributed by atoms with Crippen molar-refractivity contribution in [3.63, 3.8) is 0 Å². The molecular weight excluding hydrogens is 246 g/mol. The van der Waals surface area contributed by atoms with Gasteiger partial charge in [-0.1, -0.05) is 0 Å². The summed E-state index contributed by atoms with van der Waals surface area (Å²) in [5.74, 6) is 5.65. The highest BCUT2D eigenvalue weighted by Gasteiger charge is 2.20. The molecule has 1 fully saturated rings. The molecule has 0 bridgehead atoms. The third-order valence-corrected chi connectivity index (χ3v) is 4.65. The summed E-state index contributed by atoms with van der Waals surface area (Å²) in [5, 5.41) is 1.17. The van der Waals surface area contributed by atoms with Gasteiger partial charge >= 0.3 is 0 Å². The number of nitrogens with two attached hydrogens (primary N) is 1. The highest BCUT2D eigenvalue weighted by atomic mass is 32.1. The van der Waals surface area contributed by atoms with Crippen molar-refractivity contribution in [3.8, 4) is 0 Å². The highest BCUT2D eigenvalue weighted by Crippen LogP contribution is 2.21. The van der Waals surface area contributed by atoms with E-state index in [0.717, 1.165) is 31.6 Å². The number of thiazole rings is 1. The molecule has 2 heterocycles. The lowest BCUT2D eigenvalue weighted by Crippen LogP contribution is -2.40. The number of ether oxygens (including phenoxy) is 1. The second-order valence-electron chi connectivity index (χ2n) is 5.04. The van der Waals surface area contributed by atoms with E-state index < -0.39 is 0 Å². The number of hydrogen-bond acceptors (Lipinski definition) is 5. The molecule has 0 aromatic carbocycles. The van der Waals surface area contributed by atoms with Crippen molar-refractivity contribution in [1.29, 1.82) is 0 Å². The topological polar surface area (TPSA) is 60.2 Å². The van der Waals surface area contributed by atoms with E-state index in [0.29, 0.717) is 6.10 Å². The van der Waals surface area contributed by atoms with Crippen LogP contribution in [0.2, 0.25) is 0 Å². The van der Waals surface area contributed by atoms with Crippen LogP contribution in [0.3, 0.4) is 0 Å². The molecule has 1 aliphatic rings. The quantitative estimate of drug-likeness (QED) is 0.635. The molecule has 0 amide bonds. The van der Waals surface area contributed by atoms with E-state index >= 15 is 0 Å². The summed E-state index contributed by atoms with van der Waals surface area (Å²) in [4.78, 5) is 5.87. The minimum Gasteiger partial charge on any atom is -0.378 e. The first-order valence-corrected chi connectivity index (χ1v) is 7.51. The van der Waals surface area contributed by atoms with Crippen LogP contribution in [0.25, 0.3) is 0 Å². The van der Waals surface area contributed by atoms with Gasteiger partial charge in [-0.15, -0.1) is 11.3 Å². The van der Waals surface area contributed by atoms with Gasteiger partial charge in [0.1, 0.15) is 0 Å². The summed E-state index contributed by atoms with van der Waals surface area (Å²) in [6.45, 7) is 5.08. The van der Waals surface area contributed by atoms with Crippen LogP contribution >= 0.6 is 11.3 Å². The molecule has 0 radical (unpaired) electrons. The fraction of sp³-hybridized carbons (Fsp3) is 0.769. The van der Waals surface area contributed by atoms with E-state index in [4.69, 9.17) is 10.6 Å². The van der Waals surface area contributed by atoms with Gasteiger partial charge in [0.15, 0.2) is 0 Å². The number of aryl methyl sites for hydroxylation is 2. The van der Waals surface area contributed by atoms with Crippen LogP contribution in [0.15, 0.2) is 0 Å². The lowest BCUT2D eigenvalue weighted by atomic mass is 10.0. The lowest BCUT2D eigenvalue weighted by molar-refractivity contribution is 0.00523. The Kier molecular flexibility index (Phi) is 5.12. The Labute approximate surface area is 113 Å². The molecule has 0 spiro atoms. The molecule has 2 rings (SSSR count). The number of rotatable bonds is 5. The molecule has 102 valence electrons. The summed E-state index contributed by atoms with van der Waals surface area (Å²) in [5.41, 5.74) is 4.05. The lowest BCUT2D eigenvalue weighted by Gasteiger charge is -2.26. The van der Waals surface area contributed by atoms with E-state index in [2.05, 4.69) is 24.3 Å². The van der Waals surface area contributed by atoms with Crippen molar-refractivity contribution in [2.24, 2.45) is 5.84 Å². The van der Waals surface area contributed by atoms with Crippen molar-refractivity contribution in [2.75, 3.05) is 6.61 Å². The summed E-state index contributed by atoms with van der Waals surface area (Å²) < 4.78 is 5.76. The molecule has 1 saturated heterocycles. The van der Waals surface area contributed by atoms with Gasteiger partial charge in [0, 0.05) is 23.9 Å². The number of hydrogen-bond donors (Lipinski definition) is 2. The molecule has 3 N–H and O–H groups in total. The van der Waals surface area contributed by atoms with Gasteiger partial charge in [-0.3, -0.25) is 11.3 Å². The van der Waals surface area contributed by atoms with Gasteiger partial charge < -0.3 is 4.74 Å². The monoisotopic (exact) mass is 269 g/mol. The Hall–Kier alpha value is -0.490. The SMILES string of the molecule is Cc1nc(CC(CC2CCCCO2)NN)sc1C. The first-order valence-electron chi connectivity index (χ1n) is 6.69. The Morgan fingerprint density at radius 1 is 1.50 bits per heavy atom. The predicted octanol–water partition coefficient (Wildman–Crippen LogP) is 2.09. The molecule has 2 unspecified atom stereocenters. The van der Waals surface area contributed by atoms with Crippen LogP contribution in [-0.4, -0.2) is 23.7 Å². The van der Waals surface area contributed by atoms with E-state index in [1.807, 2.05) is 0 Å². The highest BCUT2D eigenvalue weighted by molar-refractivity contribution is 7.11. The van der Waals surface area contributed by atoms with Crippen LogP contribution in [0, 0.1) is 13.8 Å². The van der Waals surface area contributed by atoms with Gasteiger partial charge in [-0.25, -0.2) is 4.98 Å². The maximum atomic E-state index is 5.76. The molecule has 2 atom stereocenters. The van der Waals surface area contributed by atoms with Gasteiger partial charge in [-0.05, 0) is 39.5 Å². The molecule has 1 aromatic rings. The van der Waals surface area contributed by atoms with Crippen molar-refractivity contribution >= 4 is 11.3 Å². The smallest absolute Gasteiger partial charge is 0.0946 e. The fourth-order valence-corrected chi connectivity index (χ4v) is 3.37. The number of aromatic nitrogens is 1. The van der Waals surface area contributed by atoms with Crippen LogP contribution < -0.4 is 11.3 Å². The Balaban J connectivity index is 1.88. The maximum absolute atomic E-state index is 5.76. The third kappa shape index (κ3) is 3.75. The van der Waals surface area contributed by atoms with E-state index in [9.17, 15) is 0 Å². The Bertz CT molecular complexity index is 355. The standard InChI is InChI=1S/C13H23N3OS/c1-9-10(2)18-13(15-9)8-11(16-14)7-12-5-3-4-6-17-12/h11-12,16H,3-8,14H2,1-2H3. The molecule has 0 aliphatic carbocycles. The first kappa shape index (κ1) is 13.9. The minimum atomic E-state index is 0.262. The van der Waals surface area contributed by atoms with E-state index in [1.165, 1.54) is 22.7 Å². The fourth-order valence-electron chi connectivity index (χ4n) is 2.36. The molecule has 5 heteroatoms. The van der Waals surface area contributed by atoms with Gasteiger partial charge in [0.05, 0.1) is 16.8 Å². The zero-order valence-corrected chi connectivity index (χ0v) is 12.1. The molecule has 1 aliphatic heterocycles. The summed E-state index contributed by atoms with van der Waals surface area (Å²) in [6, 6.07) is 0.262.